The highest BCUT2D eigenvalue weighted by atomic mass is 16.3. The van der Waals surface area contributed by atoms with Gasteiger partial charge in [-0.2, -0.15) is 0 Å². The number of carbonyl (C=O) groups is 1. The summed E-state index contributed by atoms with van der Waals surface area (Å²) in [7, 11) is 0. The standard InChI is InChI=1S/C14H12O2/c15-10-13-7-2-1-5-11(13)9-12-6-3-4-8-14(12)16/h1-8,10,16H,9H2. The van der Waals surface area contributed by atoms with Crippen molar-refractivity contribution >= 4 is 6.29 Å². The van der Waals surface area contributed by atoms with Gasteiger partial charge in [0.15, 0.2) is 0 Å². The van der Waals surface area contributed by atoms with E-state index in [-0.39, 0.29) is 5.75 Å². The molecule has 16 heavy (non-hydrogen) atoms. The predicted molar refractivity (Wildman–Crippen MR) is 62.7 cm³/mol. The van der Waals surface area contributed by atoms with Gasteiger partial charge in [0.05, 0.1) is 0 Å². The van der Waals surface area contributed by atoms with Crippen molar-refractivity contribution in [3.05, 3.63) is 65.2 Å². The van der Waals surface area contributed by atoms with Crippen molar-refractivity contribution in [1.82, 2.24) is 0 Å². The lowest BCUT2D eigenvalue weighted by atomic mass is 10.00. The van der Waals surface area contributed by atoms with Crippen LogP contribution in [0.25, 0.3) is 0 Å². The Morgan fingerprint density at radius 1 is 0.938 bits per heavy atom. The minimum absolute atomic E-state index is 0.267. The molecule has 0 bridgehead atoms. The third kappa shape index (κ3) is 2.11. The number of rotatable bonds is 3. The Labute approximate surface area is 94.2 Å². The van der Waals surface area contributed by atoms with E-state index in [9.17, 15) is 9.90 Å². The van der Waals surface area contributed by atoms with Crippen molar-refractivity contribution in [2.24, 2.45) is 0 Å². The Hall–Kier alpha value is -2.09. The number of para-hydroxylation sites is 1. The number of aldehydes is 1. The molecule has 2 rings (SSSR count). The van der Waals surface area contributed by atoms with Crippen molar-refractivity contribution in [3.63, 3.8) is 0 Å². The van der Waals surface area contributed by atoms with E-state index in [0.717, 1.165) is 17.4 Å². The third-order valence-corrected chi connectivity index (χ3v) is 2.55. The zero-order valence-electron chi connectivity index (χ0n) is 8.76. The van der Waals surface area contributed by atoms with Crippen LogP contribution in [-0.2, 0) is 6.42 Å². The number of hydrogen-bond acceptors (Lipinski definition) is 2. The van der Waals surface area contributed by atoms with Gasteiger partial charge >= 0.3 is 0 Å². The zero-order chi connectivity index (χ0) is 11.4. The van der Waals surface area contributed by atoms with Crippen LogP contribution in [0.2, 0.25) is 0 Å². The van der Waals surface area contributed by atoms with Crippen molar-refractivity contribution in [2.75, 3.05) is 0 Å². The van der Waals surface area contributed by atoms with Gasteiger partial charge in [0.1, 0.15) is 12.0 Å². The van der Waals surface area contributed by atoms with E-state index in [4.69, 9.17) is 0 Å². The third-order valence-electron chi connectivity index (χ3n) is 2.55. The van der Waals surface area contributed by atoms with Crippen LogP contribution in [0.3, 0.4) is 0 Å². The Morgan fingerprint density at radius 2 is 1.56 bits per heavy atom. The van der Waals surface area contributed by atoms with Crippen molar-refractivity contribution in [1.29, 1.82) is 0 Å². The minimum atomic E-state index is 0.267. The maximum Gasteiger partial charge on any atom is 0.150 e. The van der Waals surface area contributed by atoms with Gasteiger partial charge in [0, 0.05) is 12.0 Å². The van der Waals surface area contributed by atoms with Crippen molar-refractivity contribution in [3.8, 4) is 5.75 Å². The fourth-order valence-corrected chi connectivity index (χ4v) is 1.68. The molecule has 0 fully saturated rings. The molecule has 0 aromatic heterocycles. The molecule has 0 unspecified atom stereocenters. The molecule has 2 aromatic carbocycles. The maximum atomic E-state index is 10.8. The molecule has 0 spiro atoms. The van der Waals surface area contributed by atoms with Crippen LogP contribution in [0.4, 0.5) is 0 Å². The lowest BCUT2D eigenvalue weighted by molar-refractivity contribution is 0.112. The van der Waals surface area contributed by atoms with Crippen LogP contribution in [0.15, 0.2) is 48.5 Å². The first-order valence-corrected chi connectivity index (χ1v) is 5.11. The predicted octanol–water partition coefficient (Wildman–Crippen LogP) is 2.80. The first kappa shape index (κ1) is 10.4. The Morgan fingerprint density at radius 3 is 2.25 bits per heavy atom. The summed E-state index contributed by atoms with van der Waals surface area (Å²) in [6.07, 6.45) is 1.41. The summed E-state index contributed by atoms with van der Waals surface area (Å²) in [6, 6.07) is 14.6. The maximum absolute atomic E-state index is 10.8. The molecule has 0 saturated carbocycles. The van der Waals surface area contributed by atoms with Gasteiger partial charge in [-0.1, -0.05) is 42.5 Å². The number of carbonyl (C=O) groups excluding carboxylic acids is 1. The Balaban J connectivity index is 2.34. The summed E-state index contributed by atoms with van der Waals surface area (Å²) in [4.78, 5) is 10.8. The second-order valence-electron chi connectivity index (χ2n) is 3.62. The fourth-order valence-electron chi connectivity index (χ4n) is 1.68. The van der Waals surface area contributed by atoms with E-state index in [2.05, 4.69) is 0 Å². The van der Waals surface area contributed by atoms with Gasteiger partial charge in [-0.25, -0.2) is 0 Å². The van der Waals surface area contributed by atoms with E-state index in [1.807, 2.05) is 30.3 Å². The second kappa shape index (κ2) is 4.62. The highest BCUT2D eigenvalue weighted by Crippen LogP contribution is 2.20. The number of phenolic OH excluding ortho intramolecular Hbond substituents is 1. The smallest absolute Gasteiger partial charge is 0.150 e. The lowest BCUT2D eigenvalue weighted by Gasteiger charge is -2.06. The topological polar surface area (TPSA) is 37.3 Å². The van der Waals surface area contributed by atoms with E-state index in [1.165, 1.54) is 0 Å². The summed E-state index contributed by atoms with van der Waals surface area (Å²) in [6.45, 7) is 0. The molecule has 0 radical (unpaired) electrons. The molecule has 1 N–H and O–H groups in total. The molecule has 2 nitrogen and oxygen atoms in total. The molecule has 0 aliphatic rings. The second-order valence-corrected chi connectivity index (χ2v) is 3.62. The molecule has 0 aliphatic heterocycles. The minimum Gasteiger partial charge on any atom is -0.508 e. The number of aromatic hydroxyl groups is 1. The largest absolute Gasteiger partial charge is 0.508 e. The molecule has 2 aromatic rings. The summed E-state index contributed by atoms with van der Waals surface area (Å²) < 4.78 is 0. The van der Waals surface area contributed by atoms with Crippen LogP contribution >= 0.6 is 0 Å². The summed E-state index contributed by atoms with van der Waals surface area (Å²) in [5, 5.41) is 9.65. The van der Waals surface area contributed by atoms with E-state index in [0.29, 0.717) is 12.0 Å². The van der Waals surface area contributed by atoms with Crippen LogP contribution in [0.5, 0.6) is 5.75 Å². The van der Waals surface area contributed by atoms with Gasteiger partial charge < -0.3 is 5.11 Å². The number of benzene rings is 2. The summed E-state index contributed by atoms with van der Waals surface area (Å²) in [5.74, 6) is 0.267. The zero-order valence-corrected chi connectivity index (χ0v) is 8.76. The van der Waals surface area contributed by atoms with E-state index >= 15 is 0 Å². The average molecular weight is 212 g/mol. The normalized spacial score (nSPS) is 10.0. The highest BCUT2D eigenvalue weighted by molar-refractivity contribution is 5.77. The molecule has 0 amide bonds. The molecule has 2 heteroatoms. The molecule has 80 valence electrons. The van der Waals surface area contributed by atoms with E-state index in [1.54, 1.807) is 18.2 Å². The van der Waals surface area contributed by atoms with Gasteiger partial charge in [-0.05, 0) is 17.2 Å². The first-order chi connectivity index (χ1) is 7.81. The molecule has 0 atom stereocenters. The number of phenols is 1. The lowest BCUT2D eigenvalue weighted by Crippen LogP contribution is -1.94. The van der Waals surface area contributed by atoms with Crippen LogP contribution in [-0.4, -0.2) is 11.4 Å². The van der Waals surface area contributed by atoms with Crippen LogP contribution in [0.1, 0.15) is 21.5 Å². The molecule has 0 heterocycles. The molecule has 0 aliphatic carbocycles. The van der Waals surface area contributed by atoms with Crippen LogP contribution < -0.4 is 0 Å². The summed E-state index contributed by atoms with van der Waals surface area (Å²) in [5.41, 5.74) is 2.43. The SMILES string of the molecule is O=Cc1ccccc1Cc1ccccc1O. The summed E-state index contributed by atoms with van der Waals surface area (Å²) >= 11 is 0. The van der Waals surface area contributed by atoms with Crippen molar-refractivity contribution < 1.29 is 9.90 Å². The van der Waals surface area contributed by atoms with Gasteiger partial charge in [0.2, 0.25) is 0 Å². The Kier molecular flexibility index (Phi) is 3.01. The fraction of sp³-hybridized carbons (Fsp3) is 0.0714. The van der Waals surface area contributed by atoms with Gasteiger partial charge in [0.25, 0.3) is 0 Å². The average Bonchev–Trinajstić information content (AvgIpc) is 2.33. The highest BCUT2D eigenvalue weighted by Gasteiger charge is 2.04. The molecular weight excluding hydrogens is 200 g/mol. The van der Waals surface area contributed by atoms with Crippen molar-refractivity contribution in [2.45, 2.75) is 6.42 Å². The Bertz CT molecular complexity index is 504. The molecule has 0 saturated heterocycles. The monoisotopic (exact) mass is 212 g/mol. The molecular formula is C14H12O2. The first-order valence-electron chi connectivity index (χ1n) is 5.11. The van der Waals surface area contributed by atoms with Crippen LogP contribution in [0, 0.1) is 0 Å². The van der Waals surface area contributed by atoms with E-state index < -0.39 is 0 Å². The van der Waals surface area contributed by atoms with Gasteiger partial charge in [-0.15, -0.1) is 0 Å². The quantitative estimate of drug-likeness (QED) is 0.794. The van der Waals surface area contributed by atoms with Gasteiger partial charge in [-0.3, -0.25) is 4.79 Å². The number of hydrogen-bond donors (Lipinski definition) is 1.